The van der Waals surface area contributed by atoms with Crippen LogP contribution in [-0.4, -0.2) is 27.3 Å². The number of aromatic nitrogens is 2. The van der Waals surface area contributed by atoms with Gasteiger partial charge in [-0.2, -0.15) is 0 Å². The van der Waals surface area contributed by atoms with Gasteiger partial charge in [-0.3, -0.25) is 0 Å². The van der Waals surface area contributed by atoms with Crippen molar-refractivity contribution in [2.75, 3.05) is 5.32 Å². The van der Waals surface area contributed by atoms with E-state index in [1.54, 1.807) is 12.1 Å². The Morgan fingerprint density at radius 1 is 1.33 bits per heavy atom. The summed E-state index contributed by atoms with van der Waals surface area (Å²) in [5.74, 6) is -1.26. The van der Waals surface area contributed by atoms with Crippen LogP contribution in [0.2, 0.25) is 0 Å². The van der Waals surface area contributed by atoms with Crippen LogP contribution in [0.15, 0.2) is 24.3 Å². The topological polar surface area (TPSA) is 75.1 Å². The van der Waals surface area contributed by atoms with Crippen molar-refractivity contribution in [3.63, 3.8) is 0 Å². The second kappa shape index (κ2) is 6.62. The minimum absolute atomic E-state index is 0.0630. The van der Waals surface area contributed by atoms with E-state index in [9.17, 15) is 9.18 Å². The SMILES string of the molecule is CC(C)[C@H](Nc1nnc(Cc2ccc(F)cc2)s1)C(=O)O. The highest BCUT2D eigenvalue weighted by atomic mass is 32.1. The van der Waals surface area contributed by atoms with E-state index in [1.807, 2.05) is 13.8 Å². The molecular weight excluding hydrogens is 293 g/mol. The van der Waals surface area contributed by atoms with E-state index in [1.165, 1.54) is 23.5 Å². The normalized spacial score (nSPS) is 12.4. The summed E-state index contributed by atoms with van der Waals surface area (Å²) in [5.41, 5.74) is 0.928. The van der Waals surface area contributed by atoms with E-state index in [0.29, 0.717) is 11.6 Å². The fraction of sp³-hybridized carbons (Fsp3) is 0.357. The first-order valence-electron chi connectivity index (χ1n) is 6.52. The molecule has 21 heavy (non-hydrogen) atoms. The number of rotatable bonds is 6. The molecule has 5 nitrogen and oxygen atoms in total. The third kappa shape index (κ3) is 4.22. The number of nitrogens with one attached hydrogen (secondary N) is 1. The standard InChI is InChI=1S/C14H16FN3O2S/c1-8(2)12(13(19)20)16-14-18-17-11(21-14)7-9-3-5-10(15)6-4-9/h3-6,8,12H,7H2,1-2H3,(H,16,18)(H,19,20)/t12-/m0/s1. The molecule has 0 bridgehead atoms. The summed E-state index contributed by atoms with van der Waals surface area (Å²) in [6, 6.07) is 5.48. The Morgan fingerprint density at radius 2 is 2.00 bits per heavy atom. The van der Waals surface area contributed by atoms with Gasteiger partial charge in [0.25, 0.3) is 0 Å². The molecule has 0 unspecified atom stereocenters. The highest BCUT2D eigenvalue weighted by Crippen LogP contribution is 2.21. The quantitative estimate of drug-likeness (QED) is 0.858. The fourth-order valence-corrected chi connectivity index (χ4v) is 2.62. The Hall–Kier alpha value is -2.02. The van der Waals surface area contributed by atoms with Crippen molar-refractivity contribution in [2.24, 2.45) is 5.92 Å². The van der Waals surface area contributed by atoms with Crippen LogP contribution in [0, 0.1) is 11.7 Å². The number of carbonyl (C=O) groups is 1. The molecule has 0 spiro atoms. The van der Waals surface area contributed by atoms with Crippen LogP contribution < -0.4 is 5.32 Å². The van der Waals surface area contributed by atoms with Crippen molar-refractivity contribution in [1.29, 1.82) is 0 Å². The van der Waals surface area contributed by atoms with E-state index in [-0.39, 0.29) is 11.7 Å². The Labute approximate surface area is 125 Å². The molecule has 0 aliphatic carbocycles. The molecule has 0 aliphatic heterocycles. The summed E-state index contributed by atoms with van der Waals surface area (Å²) in [6.07, 6.45) is 0.541. The monoisotopic (exact) mass is 309 g/mol. The summed E-state index contributed by atoms with van der Waals surface area (Å²) in [7, 11) is 0. The number of benzene rings is 1. The van der Waals surface area contributed by atoms with Gasteiger partial charge in [-0.1, -0.05) is 37.3 Å². The number of anilines is 1. The van der Waals surface area contributed by atoms with Crippen molar-refractivity contribution < 1.29 is 14.3 Å². The predicted octanol–water partition coefficient (Wildman–Crippen LogP) is 2.79. The molecule has 1 aromatic carbocycles. The maximum atomic E-state index is 12.8. The molecule has 0 radical (unpaired) electrons. The van der Waals surface area contributed by atoms with E-state index in [4.69, 9.17) is 5.11 Å². The van der Waals surface area contributed by atoms with Gasteiger partial charge >= 0.3 is 5.97 Å². The lowest BCUT2D eigenvalue weighted by Gasteiger charge is -2.16. The highest BCUT2D eigenvalue weighted by Gasteiger charge is 2.22. The van der Waals surface area contributed by atoms with Gasteiger partial charge in [-0.25, -0.2) is 9.18 Å². The average molecular weight is 309 g/mol. The van der Waals surface area contributed by atoms with Crippen molar-refractivity contribution in [3.8, 4) is 0 Å². The van der Waals surface area contributed by atoms with Crippen LogP contribution in [0.1, 0.15) is 24.4 Å². The second-order valence-corrected chi connectivity index (χ2v) is 6.07. The largest absolute Gasteiger partial charge is 0.480 e. The molecule has 0 fully saturated rings. The Balaban J connectivity index is 2.04. The first-order valence-corrected chi connectivity index (χ1v) is 7.33. The van der Waals surface area contributed by atoms with E-state index in [2.05, 4.69) is 15.5 Å². The summed E-state index contributed by atoms with van der Waals surface area (Å²) in [5, 5.41) is 21.2. The minimum Gasteiger partial charge on any atom is -0.480 e. The Kier molecular flexibility index (Phi) is 4.85. The number of aliphatic carboxylic acids is 1. The molecule has 0 saturated heterocycles. The molecule has 0 aliphatic rings. The van der Waals surface area contributed by atoms with Crippen molar-refractivity contribution >= 4 is 22.4 Å². The van der Waals surface area contributed by atoms with Crippen molar-refractivity contribution in [1.82, 2.24) is 10.2 Å². The number of hydrogen-bond acceptors (Lipinski definition) is 5. The zero-order chi connectivity index (χ0) is 15.4. The molecule has 0 amide bonds. The smallest absolute Gasteiger partial charge is 0.326 e. The number of carboxylic acids is 1. The van der Waals surface area contributed by atoms with Crippen molar-refractivity contribution in [2.45, 2.75) is 26.3 Å². The lowest BCUT2D eigenvalue weighted by Crippen LogP contribution is -2.34. The zero-order valence-electron chi connectivity index (χ0n) is 11.7. The van der Waals surface area contributed by atoms with Crippen LogP contribution in [0.3, 0.4) is 0 Å². The Morgan fingerprint density at radius 3 is 2.57 bits per heavy atom. The van der Waals surface area contributed by atoms with E-state index in [0.717, 1.165) is 10.6 Å². The first kappa shape index (κ1) is 15.4. The number of halogens is 1. The van der Waals surface area contributed by atoms with Gasteiger partial charge in [0.1, 0.15) is 16.9 Å². The van der Waals surface area contributed by atoms with E-state index < -0.39 is 12.0 Å². The molecule has 1 heterocycles. The first-order chi connectivity index (χ1) is 9.95. The number of hydrogen-bond donors (Lipinski definition) is 2. The zero-order valence-corrected chi connectivity index (χ0v) is 12.5. The van der Waals surface area contributed by atoms with Gasteiger partial charge in [0.15, 0.2) is 0 Å². The molecule has 1 atom stereocenters. The third-order valence-electron chi connectivity index (χ3n) is 2.95. The van der Waals surface area contributed by atoms with Gasteiger partial charge in [-0.05, 0) is 23.6 Å². The third-order valence-corrected chi connectivity index (χ3v) is 3.80. The highest BCUT2D eigenvalue weighted by molar-refractivity contribution is 7.15. The minimum atomic E-state index is -0.916. The Bertz CT molecular complexity index is 613. The average Bonchev–Trinajstić information content (AvgIpc) is 2.85. The van der Waals surface area contributed by atoms with Gasteiger partial charge in [0, 0.05) is 6.42 Å². The summed E-state index contributed by atoms with van der Waals surface area (Å²) in [4.78, 5) is 11.1. The fourth-order valence-electron chi connectivity index (χ4n) is 1.81. The maximum absolute atomic E-state index is 12.8. The summed E-state index contributed by atoms with van der Waals surface area (Å²) in [6.45, 7) is 3.65. The molecule has 7 heteroatoms. The molecular formula is C14H16FN3O2S. The molecule has 2 aromatic rings. The van der Waals surface area contributed by atoms with Crippen LogP contribution in [0.4, 0.5) is 9.52 Å². The number of carboxylic acid groups (broad SMARTS) is 1. The van der Waals surface area contributed by atoms with Gasteiger partial charge < -0.3 is 10.4 Å². The lowest BCUT2D eigenvalue weighted by molar-refractivity contribution is -0.138. The summed E-state index contributed by atoms with van der Waals surface area (Å²) >= 11 is 1.30. The molecule has 0 saturated carbocycles. The van der Waals surface area contributed by atoms with E-state index >= 15 is 0 Å². The van der Waals surface area contributed by atoms with Gasteiger partial charge in [0.2, 0.25) is 5.13 Å². The van der Waals surface area contributed by atoms with Crippen LogP contribution in [0.25, 0.3) is 0 Å². The molecule has 112 valence electrons. The van der Waals surface area contributed by atoms with Crippen molar-refractivity contribution in [3.05, 3.63) is 40.7 Å². The van der Waals surface area contributed by atoms with Crippen LogP contribution in [0.5, 0.6) is 0 Å². The maximum Gasteiger partial charge on any atom is 0.326 e. The molecule has 2 rings (SSSR count). The van der Waals surface area contributed by atoms with Gasteiger partial charge in [0.05, 0.1) is 0 Å². The molecule has 1 aromatic heterocycles. The second-order valence-electron chi connectivity index (χ2n) is 5.01. The number of nitrogens with zero attached hydrogens (tertiary/aromatic N) is 2. The van der Waals surface area contributed by atoms with Crippen LogP contribution in [-0.2, 0) is 11.2 Å². The summed E-state index contributed by atoms with van der Waals surface area (Å²) < 4.78 is 12.8. The van der Waals surface area contributed by atoms with Crippen LogP contribution >= 0.6 is 11.3 Å². The predicted molar refractivity (Wildman–Crippen MR) is 79.0 cm³/mol. The van der Waals surface area contributed by atoms with Gasteiger partial charge in [-0.15, -0.1) is 10.2 Å². The lowest BCUT2D eigenvalue weighted by atomic mass is 10.1. The molecule has 2 N–H and O–H groups in total.